The van der Waals surface area contributed by atoms with Gasteiger partial charge < -0.3 is 15.4 Å². The van der Waals surface area contributed by atoms with Crippen LogP contribution in [-0.2, 0) is 4.79 Å². The SMILES string of the molecule is COc1ccc(NC(=O)c2ccccc2NC(=O)C2CCCCC2)cc1. The van der Waals surface area contributed by atoms with Crippen molar-refractivity contribution in [2.45, 2.75) is 32.1 Å². The molecule has 2 aromatic rings. The third-order valence-electron chi connectivity index (χ3n) is 4.75. The molecule has 1 saturated carbocycles. The van der Waals surface area contributed by atoms with E-state index in [9.17, 15) is 9.59 Å². The lowest BCUT2D eigenvalue weighted by atomic mass is 9.88. The number of rotatable bonds is 5. The largest absolute Gasteiger partial charge is 0.497 e. The number of ether oxygens (including phenoxy) is 1. The molecule has 0 saturated heterocycles. The molecule has 0 atom stereocenters. The van der Waals surface area contributed by atoms with Gasteiger partial charge in [0.1, 0.15) is 5.75 Å². The number of anilines is 2. The standard InChI is InChI=1S/C21H24N2O3/c1-26-17-13-11-16(12-14-17)22-21(25)18-9-5-6-10-19(18)23-20(24)15-7-3-2-4-8-15/h5-6,9-15H,2-4,7-8H2,1H3,(H,22,25)(H,23,24). The quantitative estimate of drug-likeness (QED) is 0.834. The van der Waals surface area contributed by atoms with Gasteiger partial charge in [-0.3, -0.25) is 9.59 Å². The van der Waals surface area contributed by atoms with Crippen LogP contribution in [0.5, 0.6) is 5.75 Å². The molecule has 0 heterocycles. The monoisotopic (exact) mass is 352 g/mol. The summed E-state index contributed by atoms with van der Waals surface area (Å²) in [5, 5.41) is 5.80. The molecule has 0 aromatic heterocycles. The van der Waals surface area contributed by atoms with Crippen LogP contribution in [0.25, 0.3) is 0 Å². The highest BCUT2D eigenvalue weighted by atomic mass is 16.5. The highest BCUT2D eigenvalue weighted by Crippen LogP contribution is 2.26. The summed E-state index contributed by atoms with van der Waals surface area (Å²) in [6, 6.07) is 14.2. The van der Waals surface area contributed by atoms with E-state index in [-0.39, 0.29) is 17.7 Å². The first kappa shape index (κ1) is 18.0. The molecule has 0 unspecified atom stereocenters. The van der Waals surface area contributed by atoms with Crippen LogP contribution in [0.4, 0.5) is 11.4 Å². The number of nitrogens with one attached hydrogen (secondary N) is 2. The molecular weight excluding hydrogens is 328 g/mol. The molecule has 1 aliphatic carbocycles. The van der Waals surface area contributed by atoms with Crippen LogP contribution in [0.3, 0.4) is 0 Å². The number of hydrogen-bond donors (Lipinski definition) is 2. The van der Waals surface area contributed by atoms with Crippen molar-refractivity contribution >= 4 is 23.2 Å². The lowest BCUT2D eigenvalue weighted by Gasteiger charge is -2.21. The highest BCUT2D eigenvalue weighted by Gasteiger charge is 2.22. The summed E-state index contributed by atoms with van der Waals surface area (Å²) in [7, 11) is 1.60. The van der Waals surface area contributed by atoms with E-state index in [0.29, 0.717) is 16.9 Å². The van der Waals surface area contributed by atoms with Gasteiger partial charge in [-0.15, -0.1) is 0 Å². The summed E-state index contributed by atoms with van der Waals surface area (Å²) in [5.41, 5.74) is 1.67. The Morgan fingerprint density at radius 2 is 1.62 bits per heavy atom. The lowest BCUT2D eigenvalue weighted by molar-refractivity contribution is -0.120. The Morgan fingerprint density at radius 1 is 0.923 bits per heavy atom. The molecule has 5 nitrogen and oxygen atoms in total. The Balaban J connectivity index is 1.70. The zero-order valence-corrected chi connectivity index (χ0v) is 15.0. The molecule has 26 heavy (non-hydrogen) atoms. The average molecular weight is 352 g/mol. The zero-order chi connectivity index (χ0) is 18.4. The van der Waals surface area contributed by atoms with Gasteiger partial charge in [0, 0.05) is 11.6 Å². The molecule has 3 rings (SSSR count). The summed E-state index contributed by atoms with van der Waals surface area (Å²) in [4.78, 5) is 25.2. The smallest absolute Gasteiger partial charge is 0.257 e. The minimum atomic E-state index is -0.255. The van der Waals surface area contributed by atoms with Gasteiger partial charge in [-0.2, -0.15) is 0 Å². The number of para-hydroxylation sites is 1. The number of hydrogen-bond acceptors (Lipinski definition) is 3. The first-order chi connectivity index (χ1) is 12.7. The molecule has 0 aliphatic heterocycles. The minimum Gasteiger partial charge on any atom is -0.497 e. The van der Waals surface area contributed by atoms with E-state index in [1.807, 2.05) is 6.07 Å². The summed E-state index contributed by atoms with van der Waals surface area (Å²) in [5.74, 6) is 0.522. The second-order valence-corrected chi connectivity index (χ2v) is 6.55. The van der Waals surface area contributed by atoms with E-state index < -0.39 is 0 Å². The van der Waals surface area contributed by atoms with Gasteiger partial charge in [-0.05, 0) is 49.2 Å². The number of carbonyl (C=O) groups excluding carboxylic acids is 2. The molecule has 2 N–H and O–H groups in total. The molecule has 0 bridgehead atoms. The van der Waals surface area contributed by atoms with Gasteiger partial charge in [-0.1, -0.05) is 31.4 Å². The van der Waals surface area contributed by atoms with E-state index in [1.165, 1.54) is 6.42 Å². The number of carbonyl (C=O) groups is 2. The summed E-state index contributed by atoms with van der Waals surface area (Å²) >= 11 is 0. The van der Waals surface area contributed by atoms with Gasteiger partial charge in [-0.25, -0.2) is 0 Å². The first-order valence-corrected chi connectivity index (χ1v) is 9.02. The summed E-state index contributed by atoms with van der Waals surface area (Å²) in [6.45, 7) is 0. The second kappa shape index (κ2) is 8.52. The van der Waals surface area contributed by atoms with Crippen molar-refractivity contribution in [2.75, 3.05) is 17.7 Å². The van der Waals surface area contributed by atoms with Crippen LogP contribution < -0.4 is 15.4 Å². The molecule has 0 spiro atoms. The zero-order valence-electron chi connectivity index (χ0n) is 15.0. The highest BCUT2D eigenvalue weighted by molar-refractivity contribution is 6.10. The molecule has 2 aromatic carbocycles. The van der Waals surface area contributed by atoms with Crippen LogP contribution in [0, 0.1) is 5.92 Å². The van der Waals surface area contributed by atoms with Crippen molar-refractivity contribution < 1.29 is 14.3 Å². The molecule has 136 valence electrons. The predicted octanol–water partition coefficient (Wildman–Crippen LogP) is 4.47. The van der Waals surface area contributed by atoms with E-state index in [1.54, 1.807) is 49.6 Å². The number of benzene rings is 2. The lowest BCUT2D eigenvalue weighted by Crippen LogP contribution is -2.26. The van der Waals surface area contributed by atoms with Crippen LogP contribution in [0.15, 0.2) is 48.5 Å². The fraction of sp³-hybridized carbons (Fsp3) is 0.333. The molecule has 0 radical (unpaired) electrons. The predicted molar refractivity (Wildman–Crippen MR) is 103 cm³/mol. The van der Waals surface area contributed by atoms with Gasteiger partial charge in [0.05, 0.1) is 18.4 Å². The Hall–Kier alpha value is -2.82. The van der Waals surface area contributed by atoms with Crippen molar-refractivity contribution in [2.24, 2.45) is 5.92 Å². The maximum Gasteiger partial charge on any atom is 0.257 e. The third kappa shape index (κ3) is 4.42. The van der Waals surface area contributed by atoms with Crippen LogP contribution in [0.2, 0.25) is 0 Å². The van der Waals surface area contributed by atoms with Crippen molar-refractivity contribution in [3.8, 4) is 5.75 Å². The van der Waals surface area contributed by atoms with Crippen molar-refractivity contribution in [1.82, 2.24) is 0 Å². The van der Waals surface area contributed by atoms with Crippen molar-refractivity contribution in [3.63, 3.8) is 0 Å². The molecule has 1 aliphatic rings. The summed E-state index contributed by atoms with van der Waals surface area (Å²) in [6.07, 6.45) is 5.23. The van der Waals surface area contributed by atoms with Gasteiger partial charge in [0.25, 0.3) is 5.91 Å². The Morgan fingerprint density at radius 3 is 2.31 bits per heavy atom. The topological polar surface area (TPSA) is 67.4 Å². The van der Waals surface area contributed by atoms with Crippen molar-refractivity contribution in [3.05, 3.63) is 54.1 Å². The number of methoxy groups -OCH3 is 1. The molecular formula is C21H24N2O3. The maximum atomic E-state index is 12.7. The fourth-order valence-corrected chi connectivity index (χ4v) is 3.26. The van der Waals surface area contributed by atoms with Gasteiger partial charge in [0.15, 0.2) is 0 Å². The van der Waals surface area contributed by atoms with Crippen LogP contribution in [-0.4, -0.2) is 18.9 Å². The molecule has 2 amide bonds. The second-order valence-electron chi connectivity index (χ2n) is 6.55. The van der Waals surface area contributed by atoms with E-state index in [4.69, 9.17) is 4.74 Å². The Kier molecular flexibility index (Phi) is 5.89. The Labute approximate surface area is 153 Å². The molecule has 5 heteroatoms. The number of amides is 2. The van der Waals surface area contributed by atoms with Gasteiger partial charge in [0.2, 0.25) is 5.91 Å². The van der Waals surface area contributed by atoms with Gasteiger partial charge >= 0.3 is 0 Å². The first-order valence-electron chi connectivity index (χ1n) is 9.02. The van der Waals surface area contributed by atoms with E-state index in [0.717, 1.165) is 31.4 Å². The Bertz CT molecular complexity index is 765. The minimum absolute atomic E-state index is 0.00870. The van der Waals surface area contributed by atoms with E-state index >= 15 is 0 Å². The fourth-order valence-electron chi connectivity index (χ4n) is 3.26. The van der Waals surface area contributed by atoms with E-state index in [2.05, 4.69) is 10.6 Å². The van der Waals surface area contributed by atoms with Crippen molar-refractivity contribution in [1.29, 1.82) is 0 Å². The average Bonchev–Trinajstić information content (AvgIpc) is 2.69. The molecule has 1 fully saturated rings. The third-order valence-corrected chi connectivity index (χ3v) is 4.75. The normalized spacial score (nSPS) is 14.5. The maximum absolute atomic E-state index is 12.7. The van der Waals surface area contributed by atoms with Crippen LogP contribution >= 0.6 is 0 Å². The van der Waals surface area contributed by atoms with Crippen LogP contribution in [0.1, 0.15) is 42.5 Å². The summed E-state index contributed by atoms with van der Waals surface area (Å²) < 4.78 is 5.12.